The number of thiazole rings is 1. The summed E-state index contributed by atoms with van der Waals surface area (Å²) < 4.78 is 6.71. The highest BCUT2D eigenvalue weighted by molar-refractivity contribution is 7.98. The maximum atomic E-state index is 6.22. The van der Waals surface area contributed by atoms with Gasteiger partial charge in [0.15, 0.2) is 5.82 Å². The molecule has 2 N–H and O–H groups in total. The van der Waals surface area contributed by atoms with E-state index in [1.807, 2.05) is 24.3 Å². The van der Waals surface area contributed by atoms with Crippen LogP contribution in [-0.2, 0) is 12.2 Å². The molecule has 6 nitrogen and oxygen atoms in total. The number of aromatic nitrogens is 4. The normalized spacial score (nSPS) is 11.0. The van der Waals surface area contributed by atoms with E-state index < -0.39 is 0 Å². The van der Waals surface area contributed by atoms with E-state index in [9.17, 15) is 0 Å². The van der Waals surface area contributed by atoms with Crippen LogP contribution in [0.4, 0.5) is 0 Å². The Labute approximate surface area is 177 Å². The standard InChI is InChI=1S/C21H21N5OS2/c1-3-14-4-6-16(7-5-14)20-23-17(12-28-20)13-29-21-25-24-19(26(21)22)15-8-10-18(27-2)11-9-15/h4-12H,3,13,22H2,1-2H3. The van der Waals surface area contributed by atoms with Crippen molar-refractivity contribution in [3.8, 4) is 27.7 Å². The van der Waals surface area contributed by atoms with E-state index in [0.717, 1.165) is 34.0 Å². The molecule has 2 heterocycles. The fourth-order valence-corrected chi connectivity index (χ4v) is 4.52. The molecule has 2 aromatic carbocycles. The highest BCUT2D eigenvalue weighted by Crippen LogP contribution is 2.29. The monoisotopic (exact) mass is 423 g/mol. The number of benzene rings is 2. The fraction of sp³-hybridized carbons (Fsp3) is 0.190. The zero-order valence-corrected chi connectivity index (χ0v) is 17.8. The molecule has 0 spiro atoms. The lowest BCUT2D eigenvalue weighted by molar-refractivity contribution is 0.415. The van der Waals surface area contributed by atoms with Gasteiger partial charge < -0.3 is 10.6 Å². The summed E-state index contributed by atoms with van der Waals surface area (Å²) in [6, 6.07) is 16.2. The van der Waals surface area contributed by atoms with Crippen molar-refractivity contribution in [2.24, 2.45) is 0 Å². The summed E-state index contributed by atoms with van der Waals surface area (Å²) in [6.07, 6.45) is 1.04. The van der Waals surface area contributed by atoms with Gasteiger partial charge in [0, 0.05) is 22.3 Å². The number of nitrogen functional groups attached to an aromatic ring is 1. The summed E-state index contributed by atoms with van der Waals surface area (Å²) in [5, 5.41) is 12.2. The lowest BCUT2D eigenvalue weighted by Gasteiger charge is -2.04. The maximum absolute atomic E-state index is 6.22. The van der Waals surface area contributed by atoms with Gasteiger partial charge in [-0.1, -0.05) is 43.0 Å². The third-order valence-corrected chi connectivity index (χ3v) is 6.44. The lowest BCUT2D eigenvalue weighted by Crippen LogP contribution is -2.11. The van der Waals surface area contributed by atoms with Crippen molar-refractivity contribution in [2.75, 3.05) is 13.0 Å². The van der Waals surface area contributed by atoms with E-state index in [1.165, 1.54) is 22.0 Å². The smallest absolute Gasteiger partial charge is 0.210 e. The largest absolute Gasteiger partial charge is 0.497 e. The van der Waals surface area contributed by atoms with Crippen LogP contribution in [0, 0.1) is 0 Å². The van der Waals surface area contributed by atoms with Crippen LogP contribution in [0.3, 0.4) is 0 Å². The maximum Gasteiger partial charge on any atom is 0.210 e. The fourth-order valence-electron chi connectivity index (χ4n) is 2.84. The molecule has 0 aliphatic rings. The summed E-state index contributed by atoms with van der Waals surface area (Å²) >= 11 is 3.17. The molecule has 0 saturated carbocycles. The summed E-state index contributed by atoms with van der Waals surface area (Å²) in [6.45, 7) is 2.16. The second kappa shape index (κ2) is 8.67. The molecular weight excluding hydrogens is 402 g/mol. The van der Waals surface area contributed by atoms with Gasteiger partial charge >= 0.3 is 0 Å². The van der Waals surface area contributed by atoms with Crippen LogP contribution in [0.15, 0.2) is 59.1 Å². The molecule has 0 amide bonds. The molecule has 4 rings (SSSR count). The van der Waals surface area contributed by atoms with Crippen molar-refractivity contribution >= 4 is 23.1 Å². The number of thioether (sulfide) groups is 1. The predicted molar refractivity (Wildman–Crippen MR) is 119 cm³/mol. The Bertz CT molecular complexity index is 1090. The Morgan fingerprint density at radius 1 is 1.03 bits per heavy atom. The molecule has 0 radical (unpaired) electrons. The Morgan fingerprint density at radius 2 is 1.76 bits per heavy atom. The van der Waals surface area contributed by atoms with Crippen molar-refractivity contribution in [1.29, 1.82) is 0 Å². The van der Waals surface area contributed by atoms with Crippen LogP contribution in [0.2, 0.25) is 0 Å². The molecule has 0 saturated heterocycles. The van der Waals surface area contributed by atoms with E-state index in [2.05, 4.69) is 46.8 Å². The van der Waals surface area contributed by atoms with Crippen LogP contribution in [0.5, 0.6) is 5.75 Å². The molecule has 0 aliphatic heterocycles. The number of hydrogen-bond acceptors (Lipinski definition) is 7. The Kier molecular flexibility index (Phi) is 5.82. The van der Waals surface area contributed by atoms with Crippen LogP contribution in [0.25, 0.3) is 22.0 Å². The first-order chi connectivity index (χ1) is 14.2. The summed E-state index contributed by atoms with van der Waals surface area (Å²) in [7, 11) is 1.64. The summed E-state index contributed by atoms with van der Waals surface area (Å²) in [5.41, 5.74) is 4.37. The Morgan fingerprint density at radius 3 is 2.45 bits per heavy atom. The first kappa shape index (κ1) is 19.5. The molecule has 0 bridgehead atoms. The Hall–Kier alpha value is -2.84. The van der Waals surface area contributed by atoms with E-state index in [1.54, 1.807) is 18.4 Å². The molecule has 4 aromatic rings. The van der Waals surface area contributed by atoms with Crippen LogP contribution in [-0.4, -0.2) is 27.0 Å². The molecular formula is C21H21N5OS2. The number of aryl methyl sites for hydroxylation is 1. The van der Waals surface area contributed by atoms with Gasteiger partial charge in [-0.15, -0.1) is 21.5 Å². The van der Waals surface area contributed by atoms with Gasteiger partial charge in [-0.2, -0.15) is 0 Å². The molecule has 148 valence electrons. The minimum absolute atomic E-state index is 0.616. The highest BCUT2D eigenvalue weighted by Gasteiger charge is 2.13. The van der Waals surface area contributed by atoms with Crippen LogP contribution in [0.1, 0.15) is 18.2 Å². The van der Waals surface area contributed by atoms with Crippen molar-refractivity contribution in [3.63, 3.8) is 0 Å². The van der Waals surface area contributed by atoms with Gasteiger partial charge in [0.2, 0.25) is 5.16 Å². The number of ether oxygens (including phenoxy) is 1. The zero-order valence-electron chi connectivity index (χ0n) is 16.2. The van der Waals surface area contributed by atoms with Crippen LogP contribution >= 0.6 is 23.1 Å². The third-order valence-electron chi connectivity index (χ3n) is 4.52. The lowest BCUT2D eigenvalue weighted by atomic mass is 10.1. The molecule has 0 fully saturated rings. The topological polar surface area (TPSA) is 78.9 Å². The molecule has 2 aromatic heterocycles. The third kappa shape index (κ3) is 4.28. The summed E-state index contributed by atoms with van der Waals surface area (Å²) in [5.74, 6) is 8.30. The van der Waals surface area contributed by atoms with Gasteiger partial charge in [0.1, 0.15) is 10.8 Å². The average molecular weight is 424 g/mol. The second-order valence-electron chi connectivity index (χ2n) is 6.39. The number of hydrogen-bond donors (Lipinski definition) is 1. The van der Waals surface area contributed by atoms with E-state index in [4.69, 9.17) is 15.6 Å². The zero-order chi connectivity index (χ0) is 20.2. The Balaban J connectivity index is 1.44. The van der Waals surface area contributed by atoms with Crippen molar-refractivity contribution in [2.45, 2.75) is 24.3 Å². The SMILES string of the molecule is CCc1ccc(-c2nc(CSc3nnc(-c4ccc(OC)cc4)n3N)cs2)cc1. The van der Waals surface area contributed by atoms with Crippen molar-refractivity contribution in [3.05, 3.63) is 65.2 Å². The second-order valence-corrected chi connectivity index (χ2v) is 8.19. The van der Waals surface area contributed by atoms with Crippen LogP contribution < -0.4 is 10.6 Å². The van der Waals surface area contributed by atoms with Crippen molar-refractivity contribution in [1.82, 2.24) is 19.9 Å². The minimum atomic E-state index is 0.616. The van der Waals surface area contributed by atoms with Gasteiger partial charge in [-0.05, 0) is 36.2 Å². The number of methoxy groups -OCH3 is 1. The van der Waals surface area contributed by atoms with E-state index in [-0.39, 0.29) is 0 Å². The van der Waals surface area contributed by atoms with Gasteiger partial charge in [0.25, 0.3) is 0 Å². The first-order valence-corrected chi connectivity index (χ1v) is 11.1. The van der Waals surface area contributed by atoms with Gasteiger partial charge in [0.05, 0.1) is 12.8 Å². The average Bonchev–Trinajstić information content (AvgIpc) is 3.39. The van der Waals surface area contributed by atoms with E-state index in [0.29, 0.717) is 16.7 Å². The first-order valence-electron chi connectivity index (χ1n) is 9.19. The van der Waals surface area contributed by atoms with Crippen molar-refractivity contribution < 1.29 is 4.74 Å². The molecule has 0 atom stereocenters. The minimum Gasteiger partial charge on any atom is -0.497 e. The molecule has 8 heteroatoms. The summed E-state index contributed by atoms with van der Waals surface area (Å²) in [4.78, 5) is 4.75. The number of nitrogens with two attached hydrogens (primary N) is 1. The highest BCUT2D eigenvalue weighted by atomic mass is 32.2. The molecule has 0 aliphatic carbocycles. The number of nitrogens with zero attached hydrogens (tertiary/aromatic N) is 4. The number of rotatable bonds is 7. The predicted octanol–water partition coefficient (Wildman–Crippen LogP) is 4.65. The van der Waals surface area contributed by atoms with E-state index >= 15 is 0 Å². The molecule has 0 unspecified atom stereocenters. The quantitative estimate of drug-likeness (QED) is 0.344. The van der Waals surface area contributed by atoms with Gasteiger partial charge in [-0.25, -0.2) is 9.66 Å². The molecule has 29 heavy (non-hydrogen) atoms. The van der Waals surface area contributed by atoms with Gasteiger partial charge in [-0.3, -0.25) is 0 Å².